The third-order valence-corrected chi connectivity index (χ3v) is 4.94. The van der Waals surface area contributed by atoms with Crippen molar-refractivity contribution < 1.29 is 14.3 Å². The normalized spacial score (nSPS) is 21.3. The van der Waals surface area contributed by atoms with Crippen molar-refractivity contribution in [3.63, 3.8) is 0 Å². The molecule has 2 aliphatic rings. The van der Waals surface area contributed by atoms with Crippen molar-refractivity contribution in [2.45, 2.75) is 11.7 Å². The Kier molecular flexibility index (Phi) is 5.20. The summed E-state index contributed by atoms with van der Waals surface area (Å²) in [5.74, 6) is -0.478. The number of morpholine rings is 1. The van der Waals surface area contributed by atoms with E-state index in [1.165, 1.54) is 11.8 Å². The Balaban J connectivity index is 1.54. The van der Waals surface area contributed by atoms with Crippen LogP contribution in [0.3, 0.4) is 0 Å². The second kappa shape index (κ2) is 7.33. The van der Waals surface area contributed by atoms with E-state index < -0.39 is 5.25 Å². The molecule has 1 N–H and O–H groups in total. The molecule has 23 heavy (non-hydrogen) atoms. The van der Waals surface area contributed by atoms with Crippen LogP contribution in [0.25, 0.3) is 0 Å². The fraction of sp³-hybridized carbons (Fsp3) is 0.400. The van der Waals surface area contributed by atoms with Crippen molar-refractivity contribution in [2.24, 2.45) is 4.99 Å². The molecule has 1 saturated heterocycles. The van der Waals surface area contributed by atoms with Gasteiger partial charge in [0.05, 0.1) is 13.2 Å². The number of nitrogens with one attached hydrogen (secondary N) is 1. The maximum Gasteiger partial charge on any atom is 0.262 e. The molecule has 0 aromatic heterocycles. The van der Waals surface area contributed by atoms with Crippen LogP contribution in [0, 0.1) is 0 Å². The highest BCUT2D eigenvalue weighted by Gasteiger charge is 2.33. The highest BCUT2D eigenvalue weighted by atomic mass is 35.5. The summed E-state index contributed by atoms with van der Waals surface area (Å²) in [5, 5.41) is 3.53. The van der Waals surface area contributed by atoms with Crippen LogP contribution < -0.4 is 5.32 Å². The second-order valence-corrected chi connectivity index (χ2v) is 6.81. The van der Waals surface area contributed by atoms with Crippen molar-refractivity contribution in [1.82, 2.24) is 4.90 Å². The van der Waals surface area contributed by atoms with E-state index in [1.807, 2.05) is 4.90 Å². The summed E-state index contributed by atoms with van der Waals surface area (Å²) in [7, 11) is 0. The Morgan fingerprint density at radius 1 is 1.43 bits per heavy atom. The number of halogens is 1. The van der Waals surface area contributed by atoms with Crippen molar-refractivity contribution in [2.75, 3.05) is 31.6 Å². The Morgan fingerprint density at radius 3 is 2.96 bits per heavy atom. The van der Waals surface area contributed by atoms with Crippen LogP contribution in [0.2, 0.25) is 5.02 Å². The van der Waals surface area contributed by atoms with Gasteiger partial charge in [-0.25, -0.2) is 0 Å². The monoisotopic (exact) mass is 353 g/mol. The molecule has 1 atom stereocenters. The van der Waals surface area contributed by atoms with Gasteiger partial charge in [-0.3, -0.25) is 9.59 Å². The predicted molar refractivity (Wildman–Crippen MR) is 90.9 cm³/mol. The molecule has 2 aliphatic heterocycles. The number of hydrogen-bond acceptors (Lipinski definition) is 5. The van der Waals surface area contributed by atoms with E-state index >= 15 is 0 Å². The number of nitrogens with zero attached hydrogens (tertiary/aromatic N) is 2. The second-order valence-electron chi connectivity index (χ2n) is 5.20. The molecule has 3 rings (SSSR count). The van der Waals surface area contributed by atoms with Gasteiger partial charge in [0.2, 0.25) is 5.91 Å². The Bertz CT molecular complexity index is 647. The van der Waals surface area contributed by atoms with E-state index in [-0.39, 0.29) is 18.2 Å². The molecular weight excluding hydrogens is 338 g/mol. The molecule has 0 aliphatic carbocycles. The first-order chi connectivity index (χ1) is 11.1. The number of hydrogen-bond donors (Lipinski definition) is 1. The summed E-state index contributed by atoms with van der Waals surface area (Å²) in [4.78, 5) is 30.2. The minimum atomic E-state index is -0.466. The fourth-order valence-electron chi connectivity index (χ4n) is 2.35. The highest BCUT2D eigenvalue weighted by Crippen LogP contribution is 2.28. The Labute approximate surface area is 143 Å². The summed E-state index contributed by atoms with van der Waals surface area (Å²) in [6, 6.07) is 6.91. The topological polar surface area (TPSA) is 71.0 Å². The third-order valence-electron chi connectivity index (χ3n) is 3.49. The number of ether oxygens (including phenoxy) is 1. The average molecular weight is 354 g/mol. The number of carbonyl (C=O) groups is 2. The summed E-state index contributed by atoms with van der Waals surface area (Å²) in [5.41, 5.74) is 0.618. The molecule has 0 radical (unpaired) electrons. The predicted octanol–water partition coefficient (Wildman–Crippen LogP) is 2.00. The SMILES string of the molecule is O=C(C[C@H]1SC(N2CCOCC2)=NC1=O)Nc1cccc(Cl)c1. The highest BCUT2D eigenvalue weighted by molar-refractivity contribution is 8.15. The summed E-state index contributed by atoms with van der Waals surface area (Å²) in [6.07, 6.45) is 0.0906. The van der Waals surface area contributed by atoms with Crippen molar-refractivity contribution in [1.29, 1.82) is 0 Å². The van der Waals surface area contributed by atoms with Crippen LogP contribution in [0.1, 0.15) is 6.42 Å². The molecule has 8 heteroatoms. The number of thioether (sulfide) groups is 1. The molecule has 1 fully saturated rings. The van der Waals surface area contributed by atoms with Gasteiger partial charge >= 0.3 is 0 Å². The van der Waals surface area contributed by atoms with E-state index in [9.17, 15) is 9.59 Å². The number of amides is 2. The van der Waals surface area contributed by atoms with Gasteiger partial charge < -0.3 is 15.0 Å². The first-order valence-corrected chi connectivity index (χ1v) is 8.55. The average Bonchev–Trinajstić information content (AvgIpc) is 2.89. The first-order valence-electron chi connectivity index (χ1n) is 7.29. The molecule has 1 aromatic carbocycles. The van der Waals surface area contributed by atoms with Crippen molar-refractivity contribution >= 4 is 46.0 Å². The molecular formula is C15H16ClN3O3S. The van der Waals surface area contributed by atoms with Gasteiger partial charge in [-0.05, 0) is 18.2 Å². The minimum Gasteiger partial charge on any atom is -0.378 e. The molecule has 6 nitrogen and oxygen atoms in total. The van der Waals surface area contributed by atoms with E-state index in [0.717, 1.165) is 13.1 Å². The molecule has 2 heterocycles. The molecule has 0 bridgehead atoms. The van der Waals surface area contributed by atoms with Gasteiger partial charge in [-0.2, -0.15) is 4.99 Å². The maximum absolute atomic E-state index is 12.1. The van der Waals surface area contributed by atoms with Gasteiger partial charge in [0.1, 0.15) is 5.25 Å². The van der Waals surface area contributed by atoms with Crippen LogP contribution >= 0.6 is 23.4 Å². The van der Waals surface area contributed by atoms with Crippen LogP contribution in [0.5, 0.6) is 0 Å². The summed E-state index contributed by atoms with van der Waals surface area (Å²) >= 11 is 7.23. The van der Waals surface area contributed by atoms with E-state index in [1.54, 1.807) is 24.3 Å². The standard InChI is InChI=1S/C15H16ClN3O3S/c16-10-2-1-3-11(8-10)17-13(20)9-12-14(21)18-15(23-12)19-4-6-22-7-5-19/h1-3,8,12H,4-7,9H2,(H,17,20)/t12-/m1/s1. The lowest BCUT2D eigenvalue weighted by Gasteiger charge is -2.27. The quantitative estimate of drug-likeness (QED) is 0.900. The van der Waals surface area contributed by atoms with Gasteiger partial charge in [0, 0.05) is 30.2 Å². The molecule has 0 unspecified atom stereocenters. The Morgan fingerprint density at radius 2 is 2.22 bits per heavy atom. The molecule has 0 saturated carbocycles. The van der Waals surface area contributed by atoms with Gasteiger partial charge in [0.15, 0.2) is 5.17 Å². The number of benzene rings is 1. The summed E-state index contributed by atoms with van der Waals surface area (Å²) in [6.45, 7) is 2.71. The lowest BCUT2D eigenvalue weighted by molar-refractivity contribution is -0.121. The van der Waals surface area contributed by atoms with Gasteiger partial charge in [-0.15, -0.1) is 0 Å². The van der Waals surface area contributed by atoms with Crippen molar-refractivity contribution in [3.05, 3.63) is 29.3 Å². The lowest BCUT2D eigenvalue weighted by atomic mass is 10.2. The third kappa shape index (κ3) is 4.25. The Hall–Kier alpha value is -1.57. The zero-order valence-corrected chi connectivity index (χ0v) is 13.9. The zero-order chi connectivity index (χ0) is 16.2. The van der Waals surface area contributed by atoms with Crippen molar-refractivity contribution in [3.8, 4) is 0 Å². The van der Waals surface area contributed by atoms with E-state index in [2.05, 4.69) is 10.3 Å². The lowest BCUT2D eigenvalue weighted by Crippen LogP contribution is -2.39. The first kappa shape index (κ1) is 16.3. The largest absolute Gasteiger partial charge is 0.378 e. The number of aliphatic imine (C=N–C) groups is 1. The van der Waals surface area contributed by atoms with Crippen LogP contribution in [0.15, 0.2) is 29.3 Å². The van der Waals surface area contributed by atoms with Gasteiger partial charge in [0.25, 0.3) is 5.91 Å². The molecule has 122 valence electrons. The summed E-state index contributed by atoms with van der Waals surface area (Å²) < 4.78 is 5.29. The number of carbonyl (C=O) groups excluding carboxylic acids is 2. The molecule has 0 spiro atoms. The smallest absolute Gasteiger partial charge is 0.262 e. The zero-order valence-electron chi connectivity index (χ0n) is 12.3. The number of anilines is 1. The number of amidine groups is 1. The van der Waals surface area contributed by atoms with E-state index in [4.69, 9.17) is 16.3 Å². The molecule has 2 amide bonds. The van der Waals surface area contributed by atoms with Crippen LogP contribution in [-0.4, -0.2) is 53.4 Å². The van der Waals surface area contributed by atoms with E-state index in [0.29, 0.717) is 29.1 Å². The number of rotatable bonds is 3. The van der Waals surface area contributed by atoms with Crippen LogP contribution in [0.4, 0.5) is 5.69 Å². The minimum absolute atomic E-state index is 0.0906. The fourth-order valence-corrected chi connectivity index (χ4v) is 3.65. The van der Waals surface area contributed by atoms with Gasteiger partial charge in [-0.1, -0.05) is 29.4 Å². The molecule has 1 aromatic rings. The maximum atomic E-state index is 12.1. The van der Waals surface area contributed by atoms with Crippen LogP contribution in [-0.2, 0) is 14.3 Å².